The van der Waals surface area contributed by atoms with Crippen molar-refractivity contribution in [3.05, 3.63) is 45.7 Å². The van der Waals surface area contributed by atoms with E-state index in [0.717, 1.165) is 18.9 Å². The van der Waals surface area contributed by atoms with Crippen molar-refractivity contribution in [2.45, 2.75) is 11.3 Å². The molecule has 4 rings (SSSR count). The molecule has 1 fully saturated rings. The number of carboxylic acid groups (broad SMARTS) is 1. The Morgan fingerprint density at radius 1 is 1.38 bits per heavy atom. The first kappa shape index (κ1) is 21.6. The van der Waals surface area contributed by atoms with Crippen molar-refractivity contribution in [1.29, 1.82) is 0 Å². The Labute approximate surface area is 181 Å². The molecule has 11 heteroatoms. The van der Waals surface area contributed by atoms with E-state index in [1.165, 1.54) is 17.5 Å². The van der Waals surface area contributed by atoms with Crippen molar-refractivity contribution in [2.24, 2.45) is 0 Å². The summed E-state index contributed by atoms with van der Waals surface area (Å²) >= 11 is 3.17. The van der Waals surface area contributed by atoms with Gasteiger partial charge in [0.05, 0.1) is 5.39 Å². The zero-order chi connectivity index (χ0) is 19.8. The molecule has 0 aromatic carbocycles. The lowest BCUT2D eigenvalue weighted by atomic mass is 10.2. The number of hydrogen-bond acceptors (Lipinski definition) is 8. The van der Waals surface area contributed by atoms with Gasteiger partial charge in [0.2, 0.25) is 5.43 Å². The predicted molar refractivity (Wildman–Crippen MR) is 120 cm³/mol. The van der Waals surface area contributed by atoms with Crippen LogP contribution in [0.1, 0.15) is 10.4 Å². The van der Waals surface area contributed by atoms with E-state index in [4.69, 9.17) is 4.98 Å². The minimum absolute atomic E-state index is 0. The van der Waals surface area contributed by atoms with Crippen LogP contribution in [0.2, 0.25) is 0 Å². The van der Waals surface area contributed by atoms with Gasteiger partial charge in [-0.15, -0.1) is 23.7 Å². The summed E-state index contributed by atoms with van der Waals surface area (Å²) in [5.74, 6) is -0.502. The SMILES string of the molecule is CN[C@H]1CN(c2ccc3c(=O)c(C(=O)O)cn(-c4nccs4)c3n2)C[C@@H]1SC.Cl. The minimum Gasteiger partial charge on any atom is -0.477 e. The average molecular weight is 454 g/mol. The van der Waals surface area contributed by atoms with E-state index in [0.29, 0.717) is 22.1 Å². The smallest absolute Gasteiger partial charge is 0.341 e. The van der Waals surface area contributed by atoms with Crippen LogP contribution in [0.15, 0.2) is 34.7 Å². The maximum atomic E-state index is 12.6. The second-order valence-corrected chi connectivity index (χ2v) is 8.43. The molecule has 8 nitrogen and oxygen atoms in total. The highest BCUT2D eigenvalue weighted by atomic mass is 35.5. The van der Waals surface area contributed by atoms with Crippen molar-refractivity contribution < 1.29 is 9.90 Å². The lowest BCUT2D eigenvalue weighted by Gasteiger charge is -2.18. The average Bonchev–Trinajstić information content (AvgIpc) is 3.37. The predicted octanol–water partition coefficient (Wildman–Crippen LogP) is 2.10. The molecule has 1 saturated heterocycles. The summed E-state index contributed by atoms with van der Waals surface area (Å²) in [6, 6.07) is 3.80. The number of nitrogens with zero attached hydrogens (tertiary/aromatic N) is 4. The number of thiazole rings is 1. The van der Waals surface area contributed by atoms with Gasteiger partial charge >= 0.3 is 5.97 Å². The van der Waals surface area contributed by atoms with Crippen molar-refractivity contribution >= 4 is 58.3 Å². The fourth-order valence-corrected chi connectivity index (χ4v) is 4.98. The van der Waals surface area contributed by atoms with Crippen LogP contribution in [0.5, 0.6) is 0 Å². The van der Waals surface area contributed by atoms with Crippen LogP contribution in [0, 0.1) is 0 Å². The van der Waals surface area contributed by atoms with E-state index < -0.39 is 11.4 Å². The van der Waals surface area contributed by atoms with Crippen LogP contribution >= 0.6 is 35.5 Å². The third-order valence-corrected chi connectivity index (χ3v) is 6.81. The molecule has 0 amide bonds. The molecule has 1 aliphatic rings. The summed E-state index contributed by atoms with van der Waals surface area (Å²) in [4.78, 5) is 35.4. The third-order valence-electron chi connectivity index (χ3n) is 4.96. The number of pyridine rings is 2. The number of aromatic carboxylic acids is 1. The molecule has 0 unspecified atom stereocenters. The summed E-state index contributed by atoms with van der Waals surface area (Å²) < 4.78 is 1.59. The Bertz CT molecular complexity index is 1080. The summed E-state index contributed by atoms with van der Waals surface area (Å²) in [5.41, 5.74) is -0.418. The second-order valence-electron chi connectivity index (χ2n) is 6.48. The van der Waals surface area contributed by atoms with Gasteiger partial charge in [0.25, 0.3) is 0 Å². The number of carboxylic acids is 1. The van der Waals surface area contributed by atoms with Gasteiger partial charge in [-0.1, -0.05) is 0 Å². The Hall–Kier alpha value is -2.14. The van der Waals surface area contributed by atoms with E-state index in [9.17, 15) is 14.7 Å². The highest BCUT2D eigenvalue weighted by Gasteiger charge is 2.32. The number of thioether (sulfide) groups is 1. The van der Waals surface area contributed by atoms with Crippen molar-refractivity contribution in [2.75, 3.05) is 31.3 Å². The van der Waals surface area contributed by atoms with Gasteiger partial charge in [-0.05, 0) is 25.4 Å². The van der Waals surface area contributed by atoms with E-state index in [1.807, 2.05) is 18.8 Å². The fourth-order valence-electron chi connectivity index (χ4n) is 3.48. The summed E-state index contributed by atoms with van der Waals surface area (Å²) in [6.07, 6.45) is 5.04. The van der Waals surface area contributed by atoms with Gasteiger partial charge in [0, 0.05) is 42.2 Å². The molecule has 0 radical (unpaired) electrons. The van der Waals surface area contributed by atoms with Crippen LogP contribution in [0.3, 0.4) is 0 Å². The molecule has 0 aliphatic carbocycles. The summed E-state index contributed by atoms with van der Waals surface area (Å²) in [7, 11) is 1.96. The van der Waals surface area contributed by atoms with Crippen molar-refractivity contribution in [3.8, 4) is 5.13 Å². The zero-order valence-electron chi connectivity index (χ0n) is 15.7. The molecule has 1 aliphatic heterocycles. The molecule has 154 valence electrons. The minimum atomic E-state index is -1.26. The van der Waals surface area contributed by atoms with Crippen LogP contribution in [0.25, 0.3) is 16.2 Å². The van der Waals surface area contributed by atoms with Gasteiger partial charge in [0.1, 0.15) is 11.4 Å². The van der Waals surface area contributed by atoms with Gasteiger partial charge in [-0.25, -0.2) is 14.8 Å². The normalized spacial score (nSPS) is 18.8. The largest absolute Gasteiger partial charge is 0.477 e. The first-order valence-corrected chi connectivity index (χ1v) is 10.8. The molecule has 29 heavy (non-hydrogen) atoms. The number of carbonyl (C=O) groups is 1. The molecule has 0 bridgehead atoms. The third kappa shape index (κ3) is 3.85. The Morgan fingerprint density at radius 2 is 2.17 bits per heavy atom. The molecule has 0 spiro atoms. The molecule has 3 aromatic heterocycles. The monoisotopic (exact) mass is 453 g/mol. The topological polar surface area (TPSA) is 100 Å². The van der Waals surface area contributed by atoms with Crippen LogP contribution in [0.4, 0.5) is 5.82 Å². The fraction of sp³-hybridized carbons (Fsp3) is 0.333. The molecular weight excluding hydrogens is 434 g/mol. The maximum Gasteiger partial charge on any atom is 0.341 e. The van der Waals surface area contributed by atoms with Gasteiger partial charge in [-0.2, -0.15) is 11.8 Å². The summed E-state index contributed by atoms with van der Waals surface area (Å²) in [5, 5.41) is 15.8. The first-order chi connectivity index (χ1) is 13.5. The Morgan fingerprint density at radius 3 is 2.76 bits per heavy atom. The van der Waals surface area contributed by atoms with E-state index in [-0.39, 0.29) is 23.4 Å². The second kappa shape index (κ2) is 8.70. The number of halogens is 1. The first-order valence-electron chi connectivity index (χ1n) is 8.68. The number of likely N-dealkylation sites (N-methyl/N-ethyl adjacent to an activating group) is 1. The van der Waals surface area contributed by atoms with Crippen LogP contribution in [-0.4, -0.2) is 63.3 Å². The lowest BCUT2D eigenvalue weighted by molar-refractivity contribution is 0.0695. The van der Waals surface area contributed by atoms with E-state index in [2.05, 4.69) is 21.5 Å². The number of fused-ring (bicyclic) bond motifs is 1. The Balaban J connectivity index is 0.00000240. The van der Waals surface area contributed by atoms with Crippen molar-refractivity contribution in [1.82, 2.24) is 19.9 Å². The molecule has 2 atom stereocenters. The maximum absolute atomic E-state index is 12.6. The number of aromatic nitrogens is 3. The van der Waals surface area contributed by atoms with Crippen LogP contribution < -0.4 is 15.6 Å². The lowest BCUT2D eigenvalue weighted by Crippen LogP contribution is -2.34. The molecule has 0 saturated carbocycles. The Kier molecular flexibility index (Phi) is 6.47. The molecular formula is C18H20ClN5O3S2. The summed E-state index contributed by atoms with van der Waals surface area (Å²) in [6.45, 7) is 1.66. The number of nitrogens with one attached hydrogen (secondary N) is 1. The number of anilines is 1. The number of rotatable bonds is 5. The quantitative estimate of drug-likeness (QED) is 0.605. The number of hydrogen-bond donors (Lipinski definition) is 2. The molecule has 2 N–H and O–H groups in total. The van der Waals surface area contributed by atoms with Crippen molar-refractivity contribution in [3.63, 3.8) is 0 Å². The van der Waals surface area contributed by atoms with Crippen LogP contribution in [-0.2, 0) is 0 Å². The van der Waals surface area contributed by atoms with Gasteiger partial charge < -0.3 is 15.3 Å². The highest BCUT2D eigenvalue weighted by molar-refractivity contribution is 7.99. The standard InChI is InChI=1S/C18H19N5O3S2.ClH/c1-19-12-8-22(9-13(12)27-2)14-4-3-10-15(24)11(17(25)26)7-23(16(10)21-14)18-20-5-6-28-18;/h3-7,12-13,19H,8-9H2,1-2H3,(H,25,26);1H/t12-,13-;/m0./s1. The van der Waals surface area contributed by atoms with Gasteiger partial charge in [0.15, 0.2) is 10.8 Å². The van der Waals surface area contributed by atoms with E-state index >= 15 is 0 Å². The molecule has 3 aromatic rings. The molecule has 4 heterocycles. The zero-order valence-corrected chi connectivity index (χ0v) is 18.2. The highest BCUT2D eigenvalue weighted by Crippen LogP contribution is 2.27. The van der Waals surface area contributed by atoms with E-state index in [1.54, 1.807) is 28.3 Å². The van der Waals surface area contributed by atoms with Gasteiger partial charge in [-0.3, -0.25) is 9.36 Å².